The van der Waals surface area contributed by atoms with E-state index in [-0.39, 0.29) is 5.97 Å². The van der Waals surface area contributed by atoms with Crippen molar-refractivity contribution in [3.63, 3.8) is 0 Å². The van der Waals surface area contributed by atoms with Crippen molar-refractivity contribution >= 4 is 21.9 Å². The van der Waals surface area contributed by atoms with Crippen molar-refractivity contribution in [3.05, 3.63) is 58.1 Å². The summed E-state index contributed by atoms with van der Waals surface area (Å²) in [7, 11) is 5.46. The van der Waals surface area contributed by atoms with E-state index >= 15 is 0 Å². The van der Waals surface area contributed by atoms with Gasteiger partial charge >= 0.3 is 5.97 Å². The highest BCUT2D eigenvalue weighted by molar-refractivity contribution is 9.10. The summed E-state index contributed by atoms with van der Waals surface area (Å²) in [6.45, 7) is 0.840. The SMILES string of the molecule is COC(=O)c1ccccc1-c1cc(Br)cc(CN(C)C)c1. The summed E-state index contributed by atoms with van der Waals surface area (Å²) in [5.41, 5.74) is 3.64. The zero-order valence-corrected chi connectivity index (χ0v) is 14.0. The molecule has 110 valence electrons. The largest absolute Gasteiger partial charge is 0.465 e. The molecule has 0 aliphatic heterocycles. The maximum absolute atomic E-state index is 11.9. The van der Waals surface area contributed by atoms with Crippen LogP contribution in [0, 0.1) is 0 Å². The monoisotopic (exact) mass is 347 g/mol. The first-order chi connectivity index (χ1) is 10.0. The van der Waals surface area contributed by atoms with Crippen LogP contribution in [0.5, 0.6) is 0 Å². The zero-order valence-electron chi connectivity index (χ0n) is 12.4. The topological polar surface area (TPSA) is 29.5 Å². The predicted molar refractivity (Wildman–Crippen MR) is 88.3 cm³/mol. The van der Waals surface area contributed by atoms with E-state index in [0.29, 0.717) is 5.56 Å². The Bertz CT molecular complexity index is 653. The van der Waals surface area contributed by atoms with Crippen molar-refractivity contribution in [1.29, 1.82) is 0 Å². The average Bonchev–Trinajstić information content (AvgIpc) is 2.45. The van der Waals surface area contributed by atoms with Gasteiger partial charge in [0.2, 0.25) is 0 Å². The number of hydrogen-bond donors (Lipinski definition) is 0. The molecule has 21 heavy (non-hydrogen) atoms. The molecule has 0 unspecified atom stereocenters. The Morgan fingerprint density at radius 1 is 1.19 bits per heavy atom. The Hall–Kier alpha value is -1.65. The molecule has 0 saturated carbocycles. The van der Waals surface area contributed by atoms with Crippen LogP contribution >= 0.6 is 15.9 Å². The van der Waals surface area contributed by atoms with E-state index in [1.165, 1.54) is 12.7 Å². The summed E-state index contributed by atoms with van der Waals surface area (Å²) in [6.07, 6.45) is 0. The van der Waals surface area contributed by atoms with Gasteiger partial charge in [0.15, 0.2) is 0 Å². The molecule has 2 aromatic carbocycles. The van der Waals surface area contributed by atoms with E-state index < -0.39 is 0 Å². The molecule has 0 aliphatic rings. The standard InChI is InChI=1S/C17H18BrNO2/c1-19(2)11-12-8-13(10-14(18)9-12)15-6-4-5-7-16(15)17(20)21-3/h4-10H,11H2,1-3H3. The number of hydrogen-bond acceptors (Lipinski definition) is 3. The van der Waals surface area contributed by atoms with Gasteiger partial charge in [-0.3, -0.25) is 0 Å². The summed E-state index contributed by atoms with van der Waals surface area (Å²) in [5.74, 6) is -0.320. The van der Waals surface area contributed by atoms with Gasteiger partial charge < -0.3 is 9.64 Å². The van der Waals surface area contributed by atoms with Crippen LogP contribution in [0.3, 0.4) is 0 Å². The molecule has 4 heteroatoms. The molecule has 0 aliphatic carbocycles. The van der Waals surface area contributed by atoms with Crippen molar-refractivity contribution in [1.82, 2.24) is 4.90 Å². The van der Waals surface area contributed by atoms with Crippen LogP contribution in [-0.2, 0) is 11.3 Å². The lowest BCUT2D eigenvalue weighted by Crippen LogP contribution is -2.10. The summed E-state index contributed by atoms with van der Waals surface area (Å²) < 4.78 is 5.86. The molecule has 0 amide bonds. The van der Waals surface area contributed by atoms with Crippen molar-refractivity contribution < 1.29 is 9.53 Å². The predicted octanol–water partition coefficient (Wildman–Crippen LogP) is 3.96. The number of esters is 1. The second-order valence-electron chi connectivity index (χ2n) is 5.12. The van der Waals surface area contributed by atoms with E-state index in [1.54, 1.807) is 6.07 Å². The third kappa shape index (κ3) is 3.93. The van der Waals surface area contributed by atoms with Gasteiger partial charge in [0.25, 0.3) is 0 Å². The summed E-state index contributed by atoms with van der Waals surface area (Å²) in [5, 5.41) is 0. The number of benzene rings is 2. The van der Waals surface area contributed by atoms with Crippen LogP contribution in [0.15, 0.2) is 46.9 Å². The first-order valence-corrected chi connectivity index (χ1v) is 7.42. The Balaban J connectivity index is 2.51. The number of carbonyl (C=O) groups excluding carboxylic acids is 1. The highest BCUT2D eigenvalue weighted by atomic mass is 79.9. The minimum absolute atomic E-state index is 0.320. The van der Waals surface area contributed by atoms with Gasteiger partial charge in [0.1, 0.15) is 0 Å². The second kappa shape index (κ2) is 6.87. The molecule has 2 aromatic rings. The van der Waals surface area contributed by atoms with Crippen molar-refractivity contribution in [2.45, 2.75) is 6.54 Å². The Kier molecular flexibility index (Phi) is 5.15. The lowest BCUT2D eigenvalue weighted by molar-refractivity contribution is 0.0601. The Morgan fingerprint density at radius 2 is 1.90 bits per heavy atom. The summed E-state index contributed by atoms with van der Waals surface area (Å²) >= 11 is 3.54. The van der Waals surface area contributed by atoms with Crippen LogP contribution < -0.4 is 0 Å². The van der Waals surface area contributed by atoms with Crippen molar-refractivity contribution in [3.8, 4) is 11.1 Å². The third-order valence-electron chi connectivity index (χ3n) is 3.10. The highest BCUT2D eigenvalue weighted by Gasteiger charge is 2.13. The number of nitrogens with zero attached hydrogens (tertiary/aromatic N) is 1. The fourth-order valence-corrected chi connectivity index (χ4v) is 2.83. The number of methoxy groups -OCH3 is 1. The second-order valence-corrected chi connectivity index (χ2v) is 6.04. The van der Waals surface area contributed by atoms with Gasteiger partial charge in [-0.2, -0.15) is 0 Å². The molecule has 0 bridgehead atoms. The molecule has 0 heterocycles. The molecular weight excluding hydrogens is 330 g/mol. The molecule has 0 radical (unpaired) electrons. The van der Waals surface area contributed by atoms with Gasteiger partial charge in [-0.05, 0) is 55.1 Å². The normalized spacial score (nSPS) is 10.7. The molecule has 0 N–H and O–H groups in total. The quantitative estimate of drug-likeness (QED) is 0.784. The Labute approximate surface area is 133 Å². The molecular formula is C17H18BrNO2. The number of halogens is 1. The van der Waals surface area contributed by atoms with Crippen LogP contribution in [-0.4, -0.2) is 32.1 Å². The lowest BCUT2D eigenvalue weighted by Gasteiger charge is -2.13. The van der Waals surface area contributed by atoms with Gasteiger partial charge in [0.05, 0.1) is 12.7 Å². The smallest absolute Gasteiger partial charge is 0.338 e. The van der Waals surface area contributed by atoms with Crippen LogP contribution in [0.1, 0.15) is 15.9 Å². The van der Waals surface area contributed by atoms with E-state index in [4.69, 9.17) is 4.74 Å². The van der Waals surface area contributed by atoms with Gasteiger partial charge in [-0.1, -0.05) is 34.1 Å². The molecule has 0 atom stereocenters. The lowest BCUT2D eigenvalue weighted by atomic mass is 9.98. The fourth-order valence-electron chi connectivity index (χ4n) is 2.29. The first kappa shape index (κ1) is 15.7. The minimum atomic E-state index is -0.320. The average molecular weight is 348 g/mol. The fraction of sp³-hybridized carbons (Fsp3) is 0.235. The molecule has 2 rings (SSSR count). The van der Waals surface area contributed by atoms with Crippen molar-refractivity contribution in [2.24, 2.45) is 0 Å². The molecule has 0 aromatic heterocycles. The first-order valence-electron chi connectivity index (χ1n) is 6.63. The van der Waals surface area contributed by atoms with Gasteiger partial charge in [-0.25, -0.2) is 4.79 Å². The maximum Gasteiger partial charge on any atom is 0.338 e. The van der Waals surface area contributed by atoms with E-state index in [2.05, 4.69) is 33.0 Å². The van der Waals surface area contributed by atoms with E-state index in [0.717, 1.165) is 22.1 Å². The van der Waals surface area contributed by atoms with Crippen LogP contribution in [0.2, 0.25) is 0 Å². The van der Waals surface area contributed by atoms with Crippen LogP contribution in [0.4, 0.5) is 0 Å². The third-order valence-corrected chi connectivity index (χ3v) is 3.56. The Morgan fingerprint density at radius 3 is 2.57 bits per heavy atom. The zero-order chi connectivity index (χ0) is 15.4. The van der Waals surface area contributed by atoms with Crippen LogP contribution in [0.25, 0.3) is 11.1 Å². The van der Waals surface area contributed by atoms with Crippen molar-refractivity contribution in [2.75, 3.05) is 21.2 Å². The highest BCUT2D eigenvalue weighted by Crippen LogP contribution is 2.28. The summed E-state index contributed by atoms with van der Waals surface area (Å²) in [4.78, 5) is 14.0. The maximum atomic E-state index is 11.9. The molecule has 0 spiro atoms. The number of ether oxygens (including phenoxy) is 1. The summed E-state index contributed by atoms with van der Waals surface area (Å²) in [6, 6.07) is 13.7. The van der Waals surface area contributed by atoms with E-state index in [9.17, 15) is 4.79 Å². The van der Waals surface area contributed by atoms with Gasteiger partial charge in [-0.15, -0.1) is 0 Å². The van der Waals surface area contributed by atoms with Gasteiger partial charge in [0, 0.05) is 11.0 Å². The number of rotatable bonds is 4. The molecule has 3 nitrogen and oxygen atoms in total. The van der Waals surface area contributed by atoms with E-state index in [1.807, 2.05) is 38.4 Å². The molecule has 0 saturated heterocycles. The number of carbonyl (C=O) groups is 1. The minimum Gasteiger partial charge on any atom is -0.465 e. The molecule has 0 fully saturated rings.